The van der Waals surface area contributed by atoms with E-state index in [1.165, 1.54) is 4.68 Å². The van der Waals surface area contributed by atoms with Crippen LogP contribution in [0.5, 0.6) is 0 Å². The maximum Gasteiger partial charge on any atom is 0.340 e. The quantitative estimate of drug-likeness (QED) is 0.918. The number of hydrogen-bond acceptors (Lipinski definition) is 2. The number of aromatic carboxylic acids is 1. The summed E-state index contributed by atoms with van der Waals surface area (Å²) in [6.07, 6.45) is 0. The second kappa shape index (κ2) is 5.46. The lowest BCUT2D eigenvalue weighted by Crippen LogP contribution is -2.01. The average Bonchev–Trinajstić information content (AvgIpc) is 2.71. The Bertz CT molecular complexity index is 678. The van der Waals surface area contributed by atoms with E-state index in [0.29, 0.717) is 16.4 Å². The summed E-state index contributed by atoms with van der Waals surface area (Å²) in [6, 6.07) is 5.35. The van der Waals surface area contributed by atoms with Crippen LogP contribution >= 0.6 is 23.2 Å². The van der Waals surface area contributed by atoms with Crippen molar-refractivity contribution in [2.24, 2.45) is 0 Å². The van der Waals surface area contributed by atoms with Gasteiger partial charge in [-0.25, -0.2) is 9.48 Å². The third kappa shape index (κ3) is 2.53. The smallest absolute Gasteiger partial charge is 0.340 e. The Morgan fingerprint density at radius 2 is 2.00 bits per heavy atom. The topological polar surface area (TPSA) is 55.1 Å². The van der Waals surface area contributed by atoms with Crippen LogP contribution in [-0.4, -0.2) is 20.9 Å². The number of carbonyl (C=O) groups is 1. The summed E-state index contributed by atoms with van der Waals surface area (Å²) in [4.78, 5) is 11.3. The van der Waals surface area contributed by atoms with Crippen molar-refractivity contribution in [2.75, 3.05) is 0 Å². The monoisotopic (exact) mass is 312 g/mol. The predicted octanol–water partition coefficient (Wildman–Crippen LogP) is 4.31. The highest BCUT2D eigenvalue weighted by Gasteiger charge is 2.24. The Balaban J connectivity index is 2.66. The average molecular weight is 313 g/mol. The van der Waals surface area contributed by atoms with Gasteiger partial charge in [0.05, 0.1) is 11.4 Å². The van der Waals surface area contributed by atoms with Gasteiger partial charge in [-0.15, -0.1) is 0 Å². The summed E-state index contributed by atoms with van der Waals surface area (Å²) in [5.74, 6) is -1.12. The fraction of sp³-hybridized carbons (Fsp3) is 0.286. The lowest BCUT2D eigenvalue weighted by molar-refractivity contribution is 0.0695. The molecule has 4 nitrogen and oxygen atoms in total. The Morgan fingerprint density at radius 3 is 2.45 bits per heavy atom. The predicted molar refractivity (Wildman–Crippen MR) is 79.4 cm³/mol. The fourth-order valence-electron chi connectivity index (χ4n) is 1.90. The number of halogens is 2. The highest BCUT2D eigenvalue weighted by molar-refractivity contribution is 6.33. The fourth-order valence-corrected chi connectivity index (χ4v) is 2.39. The molecule has 1 heterocycles. The molecule has 0 bridgehead atoms. The van der Waals surface area contributed by atoms with E-state index in [4.69, 9.17) is 23.2 Å². The standard InChI is InChI=1S/C14H14Cl2N2O2/c1-7(2)12-11(14(19)20)13(16)18(17-12)9-5-4-8(3)10(15)6-9/h4-7H,1-3H3,(H,19,20). The van der Waals surface area contributed by atoms with Crippen LogP contribution in [0, 0.1) is 6.92 Å². The number of benzene rings is 1. The molecule has 0 atom stereocenters. The van der Waals surface area contributed by atoms with E-state index in [9.17, 15) is 9.90 Å². The van der Waals surface area contributed by atoms with E-state index in [1.807, 2.05) is 26.8 Å². The summed E-state index contributed by atoms with van der Waals surface area (Å²) in [6.45, 7) is 5.63. The third-order valence-corrected chi connectivity index (χ3v) is 3.77. The van der Waals surface area contributed by atoms with Crippen LogP contribution in [-0.2, 0) is 0 Å². The Hall–Kier alpha value is -1.52. The zero-order valence-electron chi connectivity index (χ0n) is 11.3. The molecule has 0 aliphatic carbocycles. The molecule has 2 aromatic rings. The van der Waals surface area contributed by atoms with E-state index in [-0.39, 0.29) is 16.6 Å². The van der Waals surface area contributed by atoms with Crippen molar-refractivity contribution >= 4 is 29.2 Å². The minimum absolute atomic E-state index is 0.0402. The third-order valence-electron chi connectivity index (χ3n) is 3.02. The van der Waals surface area contributed by atoms with Crippen LogP contribution in [0.25, 0.3) is 5.69 Å². The lowest BCUT2D eigenvalue weighted by Gasteiger charge is -2.05. The van der Waals surface area contributed by atoms with Crippen molar-refractivity contribution in [3.05, 3.63) is 45.2 Å². The van der Waals surface area contributed by atoms with Gasteiger partial charge in [0.1, 0.15) is 10.7 Å². The molecule has 1 aromatic carbocycles. The van der Waals surface area contributed by atoms with Crippen molar-refractivity contribution in [2.45, 2.75) is 26.7 Å². The first-order valence-corrected chi connectivity index (χ1v) is 6.86. The molecular formula is C14H14Cl2N2O2. The number of aryl methyl sites for hydroxylation is 1. The van der Waals surface area contributed by atoms with Crippen LogP contribution < -0.4 is 0 Å². The van der Waals surface area contributed by atoms with Gasteiger partial charge in [-0.05, 0) is 30.5 Å². The molecular weight excluding hydrogens is 299 g/mol. The summed E-state index contributed by atoms with van der Waals surface area (Å²) in [5, 5.41) is 14.3. The Kier molecular flexibility index (Phi) is 4.06. The van der Waals surface area contributed by atoms with E-state index in [2.05, 4.69) is 5.10 Å². The largest absolute Gasteiger partial charge is 0.478 e. The summed E-state index contributed by atoms with van der Waals surface area (Å²) in [7, 11) is 0. The van der Waals surface area contributed by atoms with Crippen LogP contribution in [0.2, 0.25) is 10.2 Å². The summed E-state index contributed by atoms with van der Waals surface area (Å²) >= 11 is 12.3. The highest BCUT2D eigenvalue weighted by atomic mass is 35.5. The second-order valence-electron chi connectivity index (χ2n) is 4.86. The number of hydrogen-bond donors (Lipinski definition) is 1. The molecule has 6 heteroatoms. The minimum Gasteiger partial charge on any atom is -0.478 e. The van der Waals surface area contributed by atoms with Gasteiger partial charge < -0.3 is 5.11 Å². The van der Waals surface area contributed by atoms with Crippen molar-refractivity contribution in [1.82, 2.24) is 9.78 Å². The van der Waals surface area contributed by atoms with E-state index < -0.39 is 5.97 Å². The molecule has 2 rings (SSSR count). The number of nitrogens with zero attached hydrogens (tertiary/aromatic N) is 2. The van der Waals surface area contributed by atoms with Crippen molar-refractivity contribution in [1.29, 1.82) is 0 Å². The van der Waals surface area contributed by atoms with Crippen LogP contribution in [0.1, 0.15) is 41.4 Å². The van der Waals surface area contributed by atoms with Gasteiger partial charge in [0.15, 0.2) is 0 Å². The normalized spacial score (nSPS) is 11.1. The zero-order chi connectivity index (χ0) is 15.0. The molecule has 0 aliphatic heterocycles. The molecule has 0 amide bonds. The number of carboxylic acid groups (broad SMARTS) is 1. The first-order valence-electron chi connectivity index (χ1n) is 6.11. The SMILES string of the molecule is Cc1ccc(-n2nc(C(C)C)c(C(=O)O)c2Cl)cc1Cl. The van der Waals surface area contributed by atoms with Crippen LogP contribution in [0.4, 0.5) is 0 Å². The van der Waals surface area contributed by atoms with Crippen molar-refractivity contribution in [3.8, 4) is 5.69 Å². The van der Waals surface area contributed by atoms with Crippen molar-refractivity contribution in [3.63, 3.8) is 0 Å². The lowest BCUT2D eigenvalue weighted by atomic mass is 10.1. The van der Waals surface area contributed by atoms with Gasteiger partial charge in [-0.2, -0.15) is 5.10 Å². The molecule has 1 N–H and O–H groups in total. The van der Waals surface area contributed by atoms with Gasteiger partial charge in [0, 0.05) is 5.02 Å². The number of rotatable bonds is 3. The molecule has 0 spiro atoms. The van der Waals surface area contributed by atoms with Crippen molar-refractivity contribution < 1.29 is 9.90 Å². The maximum absolute atomic E-state index is 11.3. The van der Waals surface area contributed by atoms with Gasteiger partial charge in [-0.1, -0.05) is 43.1 Å². The van der Waals surface area contributed by atoms with Gasteiger partial charge >= 0.3 is 5.97 Å². The first-order chi connectivity index (χ1) is 9.32. The Labute approximate surface area is 126 Å². The molecule has 0 aliphatic rings. The molecule has 0 fully saturated rings. The Morgan fingerprint density at radius 1 is 1.35 bits per heavy atom. The molecule has 0 saturated heterocycles. The highest BCUT2D eigenvalue weighted by Crippen LogP contribution is 2.29. The van der Waals surface area contributed by atoms with E-state index in [1.54, 1.807) is 12.1 Å². The minimum atomic E-state index is -1.08. The van der Waals surface area contributed by atoms with E-state index in [0.717, 1.165) is 5.56 Å². The van der Waals surface area contributed by atoms with Crippen LogP contribution in [0.3, 0.4) is 0 Å². The van der Waals surface area contributed by atoms with Gasteiger partial charge in [0.25, 0.3) is 0 Å². The van der Waals surface area contributed by atoms with Crippen LogP contribution in [0.15, 0.2) is 18.2 Å². The first kappa shape index (κ1) is 14.9. The molecule has 106 valence electrons. The van der Waals surface area contributed by atoms with Gasteiger partial charge in [-0.3, -0.25) is 0 Å². The molecule has 0 radical (unpaired) electrons. The van der Waals surface area contributed by atoms with E-state index >= 15 is 0 Å². The number of carboxylic acids is 1. The van der Waals surface area contributed by atoms with Gasteiger partial charge in [0.2, 0.25) is 0 Å². The number of aromatic nitrogens is 2. The molecule has 0 unspecified atom stereocenters. The molecule has 0 saturated carbocycles. The second-order valence-corrected chi connectivity index (χ2v) is 5.62. The summed E-state index contributed by atoms with van der Waals surface area (Å²) < 4.78 is 1.41. The zero-order valence-corrected chi connectivity index (χ0v) is 12.8. The molecule has 20 heavy (non-hydrogen) atoms. The summed E-state index contributed by atoms with van der Waals surface area (Å²) in [5.41, 5.74) is 2.07. The maximum atomic E-state index is 11.3. The molecule has 1 aromatic heterocycles.